The highest BCUT2D eigenvalue weighted by atomic mass is 32.2. The lowest BCUT2D eigenvalue weighted by Crippen LogP contribution is -2.31. The van der Waals surface area contributed by atoms with Crippen molar-refractivity contribution in [3.63, 3.8) is 0 Å². The zero-order valence-corrected chi connectivity index (χ0v) is 17.7. The Morgan fingerprint density at radius 3 is 2.07 bits per heavy atom. The van der Waals surface area contributed by atoms with Crippen LogP contribution in [0.1, 0.15) is 60.7 Å². The van der Waals surface area contributed by atoms with E-state index in [0.717, 1.165) is 24.8 Å². The van der Waals surface area contributed by atoms with Crippen molar-refractivity contribution in [2.24, 2.45) is 0 Å². The standard InChI is InChI=1S/C22H30N2O3S/c1-4-5-6-18-11-13-21(14-12-18)22(25)23-15-19-7-9-20(10-8-19)16-28(26,27)24-17(2)3/h7-14,17,24H,4-6,15-16H2,1-3H3,(H,23,25). The van der Waals surface area contributed by atoms with Crippen molar-refractivity contribution < 1.29 is 13.2 Å². The molecule has 0 heterocycles. The molecule has 1 amide bonds. The first-order valence-electron chi connectivity index (χ1n) is 9.74. The summed E-state index contributed by atoms with van der Waals surface area (Å²) in [7, 11) is -3.34. The molecule has 0 spiro atoms. The van der Waals surface area contributed by atoms with Crippen LogP contribution in [-0.2, 0) is 28.7 Å². The van der Waals surface area contributed by atoms with Crippen molar-refractivity contribution in [1.29, 1.82) is 0 Å². The molecule has 2 N–H and O–H groups in total. The van der Waals surface area contributed by atoms with Crippen LogP contribution in [0.4, 0.5) is 0 Å². The molecule has 6 heteroatoms. The summed E-state index contributed by atoms with van der Waals surface area (Å²) in [5, 5.41) is 2.90. The van der Waals surface area contributed by atoms with Crippen LogP contribution in [0.5, 0.6) is 0 Å². The molecule has 0 aliphatic carbocycles. The number of carbonyl (C=O) groups excluding carboxylic acids is 1. The van der Waals surface area contributed by atoms with Gasteiger partial charge in [0.05, 0.1) is 5.75 Å². The zero-order chi connectivity index (χ0) is 20.6. The maximum atomic E-state index is 12.3. The highest BCUT2D eigenvalue weighted by molar-refractivity contribution is 7.88. The predicted molar refractivity (Wildman–Crippen MR) is 114 cm³/mol. The fourth-order valence-corrected chi connectivity index (χ4v) is 4.29. The SMILES string of the molecule is CCCCc1ccc(C(=O)NCc2ccc(CS(=O)(=O)NC(C)C)cc2)cc1. The van der Waals surface area contributed by atoms with Crippen molar-refractivity contribution in [2.75, 3.05) is 0 Å². The number of nitrogens with one attached hydrogen (secondary N) is 2. The summed E-state index contributed by atoms with van der Waals surface area (Å²) in [6.07, 6.45) is 3.34. The maximum Gasteiger partial charge on any atom is 0.251 e. The molecule has 2 aromatic rings. The van der Waals surface area contributed by atoms with Gasteiger partial charge in [-0.2, -0.15) is 0 Å². The van der Waals surface area contributed by atoms with Crippen molar-refractivity contribution in [3.05, 3.63) is 70.8 Å². The van der Waals surface area contributed by atoms with E-state index >= 15 is 0 Å². The van der Waals surface area contributed by atoms with Gasteiger partial charge in [-0.05, 0) is 55.5 Å². The number of unbranched alkanes of at least 4 members (excludes halogenated alkanes) is 1. The lowest BCUT2D eigenvalue weighted by atomic mass is 10.1. The van der Waals surface area contributed by atoms with Gasteiger partial charge in [-0.3, -0.25) is 4.79 Å². The first kappa shape index (κ1) is 22.1. The predicted octanol–water partition coefficient (Wildman–Crippen LogP) is 3.79. The van der Waals surface area contributed by atoms with Gasteiger partial charge in [0.1, 0.15) is 0 Å². The van der Waals surface area contributed by atoms with Crippen LogP contribution in [0.25, 0.3) is 0 Å². The third kappa shape index (κ3) is 7.44. The number of hydrogen-bond acceptors (Lipinski definition) is 3. The van der Waals surface area contributed by atoms with E-state index in [1.54, 1.807) is 26.0 Å². The molecule has 0 atom stereocenters. The summed E-state index contributed by atoms with van der Waals surface area (Å²) < 4.78 is 26.5. The Bertz CT molecular complexity index is 858. The van der Waals surface area contributed by atoms with E-state index in [4.69, 9.17) is 0 Å². The van der Waals surface area contributed by atoms with E-state index in [1.165, 1.54) is 5.56 Å². The van der Waals surface area contributed by atoms with Gasteiger partial charge >= 0.3 is 0 Å². The molecular formula is C22H30N2O3S. The Balaban J connectivity index is 1.88. The molecule has 5 nitrogen and oxygen atoms in total. The number of sulfonamides is 1. The fourth-order valence-electron chi connectivity index (χ4n) is 2.86. The molecule has 0 aliphatic rings. The van der Waals surface area contributed by atoms with E-state index in [9.17, 15) is 13.2 Å². The van der Waals surface area contributed by atoms with Crippen LogP contribution < -0.4 is 10.0 Å². The van der Waals surface area contributed by atoms with Crippen molar-refractivity contribution in [2.45, 2.75) is 58.4 Å². The molecule has 0 radical (unpaired) electrons. The molecule has 0 saturated carbocycles. The van der Waals surface area contributed by atoms with Crippen LogP contribution in [0.2, 0.25) is 0 Å². The highest BCUT2D eigenvalue weighted by Crippen LogP contribution is 2.10. The largest absolute Gasteiger partial charge is 0.348 e. The van der Waals surface area contributed by atoms with Gasteiger partial charge in [0, 0.05) is 18.2 Å². The van der Waals surface area contributed by atoms with E-state index < -0.39 is 10.0 Å². The minimum absolute atomic E-state index is 0.0534. The molecule has 28 heavy (non-hydrogen) atoms. The van der Waals surface area contributed by atoms with Gasteiger partial charge in [-0.1, -0.05) is 49.7 Å². The van der Waals surface area contributed by atoms with Gasteiger partial charge in [0.2, 0.25) is 10.0 Å². The minimum Gasteiger partial charge on any atom is -0.348 e. The average Bonchev–Trinajstić information content (AvgIpc) is 2.64. The number of rotatable bonds is 10. The Labute approximate surface area is 168 Å². The van der Waals surface area contributed by atoms with Crippen LogP contribution in [0, 0.1) is 0 Å². The lowest BCUT2D eigenvalue weighted by Gasteiger charge is -2.10. The number of aryl methyl sites for hydroxylation is 1. The first-order valence-corrected chi connectivity index (χ1v) is 11.4. The molecule has 0 aromatic heterocycles. The quantitative estimate of drug-likeness (QED) is 0.635. The fraction of sp³-hybridized carbons (Fsp3) is 0.409. The van der Waals surface area contributed by atoms with Crippen LogP contribution >= 0.6 is 0 Å². The molecule has 2 rings (SSSR count). The van der Waals surface area contributed by atoms with Crippen molar-refractivity contribution >= 4 is 15.9 Å². The van der Waals surface area contributed by atoms with Crippen LogP contribution in [-0.4, -0.2) is 20.4 Å². The maximum absolute atomic E-state index is 12.3. The molecule has 0 aliphatic heterocycles. The Morgan fingerprint density at radius 1 is 0.929 bits per heavy atom. The Morgan fingerprint density at radius 2 is 1.50 bits per heavy atom. The molecule has 0 unspecified atom stereocenters. The van der Waals surface area contributed by atoms with Gasteiger partial charge < -0.3 is 5.32 Å². The van der Waals surface area contributed by atoms with Gasteiger partial charge in [0.25, 0.3) is 5.91 Å². The summed E-state index contributed by atoms with van der Waals surface area (Å²) in [5.74, 6) is -0.169. The van der Waals surface area contributed by atoms with Gasteiger partial charge in [-0.25, -0.2) is 13.1 Å². The molecule has 0 bridgehead atoms. The van der Waals surface area contributed by atoms with E-state index in [2.05, 4.69) is 17.0 Å². The summed E-state index contributed by atoms with van der Waals surface area (Å²) >= 11 is 0. The van der Waals surface area contributed by atoms with E-state index in [-0.39, 0.29) is 17.7 Å². The molecule has 0 fully saturated rings. The highest BCUT2D eigenvalue weighted by Gasteiger charge is 2.13. The smallest absolute Gasteiger partial charge is 0.251 e. The number of amides is 1. The molecule has 2 aromatic carbocycles. The van der Waals surface area contributed by atoms with E-state index in [0.29, 0.717) is 17.7 Å². The Hall–Kier alpha value is -2.18. The second-order valence-corrected chi connectivity index (χ2v) is 9.09. The normalized spacial score (nSPS) is 11.6. The van der Waals surface area contributed by atoms with Crippen molar-refractivity contribution in [3.8, 4) is 0 Å². The zero-order valence-electron chi connectivity index (χ0n) is 16.9. The van der Waals surface area contributed by atoms with Gasteiger partial charge in [0.15, 0.2) is 0 Å². The second kappa shape index (κ2) is 10.4. The van der Waals surface area contributed by atoms with Crippen LogP contribution in [0.3, 0.4) is 0 Å². The lowest BCUT2D eigenvalue weighted by molar-refractivity contribution is 0.0951. The van der Waals surface area contributed by atoms with Crippen molar-refractivity contribution in [1.82, 2.24) is 10.0 Å². The molecule has 152 valence electrons. The average molecular weight is 403 g/mol. The second-order valence-electron chi connectivity index (χ2n) is 7.33. The topological polar surface area (TPSA) is 75.3 Å². The third-order valence-corrected chi connectivity index (χ3v) is 5.83. The summed E-state index contributed by atoms with van der Waals surface area (Å²) in [4.78, 5) is 12.3. The van der Waals surface area contributed by atoms with E-state index in [1.807, 2.05) is 36.4 Å². The summed E-state index contributed by atoms with van der Waals surface area (Å²) in [6.45, 7) is 6.15. The van der Waals surface area contributed by atoms with Gasteiger partial charge in [-0.15, -0.1) is 0 Å². The third-order valence-electron chi connectivity index (χ3n) is 4.28. The number of hydrogen-bond donors (Lipinski definition) is 2. The minimum atomic E-state index is -3.34. The number of benzene rings is 2. The summed E-state index contributed by atoms with van der Waals surface area (Å²) in [5.41, 5.74) is 3.52. The molecule has 0 saturated heterocycles. The number of carbonyl (C=O) groups is 1. The van der Waals surface area contributed by atoms with Crippen LogP contribution in [0.15, 0.2) is 48.5 Å². The Kier molecular flexibility index (Phi) is 8.20. The first-order chi connectivity index (χ1) is 13.3. The molecular weight excluding hydrogens is 372 g/mol. The monoisotopic (exact) mass is 402 g/mol. The summed E-state index contributed by atoms with van der Waals surface area (Å²) in [6, 6.07) is 14.8.